The van der Waals surface area contributed by atoms with E-state index in [0.29, 0.717) is 119 Å². The van der Waals surface area contributed by atoms with E-state index in [9.17, 15) is 22.8 Å². The number of hydrogen-bond donors (Lipinski definition) is 5. The minimum atomic E-state index is -3.31. The van der Waals surface area contributed by atoms with Gasteiger partial charge in [-0.05, 0) is 82.9 Å². The molecule has 70 heavy (non-hydrogen) atoms. The van der Waals surface area contributed by atoms with E-state index in [1.54, 1.807) is 23.7 Å². The first-order chi connectivity index (χ1) is 33.7. The van der Waals surface area contributed by atoms with Gasteiger partial charge in [-0.3, -0.25) is 9.59 Å². The Hall–Kier alpha value is -6.20. The molecule has 370 valence electrons. The summed E-state index contributed by atoms with van der Waals surface area (Å²) in [6.07, 6.45) is 6.65. The number of likely N-dealkylation sites (tertiary alicyclic amines) is 1. The fourth-order valence-corrected chi connectivity index (χ4v) is 11.4. The molecule has 6 aromatic rings. The van der Waals surface area contributed by atoms with Crippen LogP contribution in [-0.2, 0) is 14.8 Å². The van der Waals surface area contributed by atoms with Gasteiger partial charge >= 0.3 is 6.03 Å². The molecular formula is C48H59N13O6S3. The smallest absolute Gasteiger partial charge is 0.320 e. The molecule has 3 aliphatic heterocycles. The van der Waals surface area contributed by atoms with E-state index in [2.05, 4.69) is 47.5 Å². The summed E-state index contributed by atoms with van der Waals surface area (Å²) in [5, 5.41) is 16.9. The third kappa shape index (κ3) is 11.7. The maximum Gasteiger partial charge on any atom is 0.320 e. The van der Waals surface area contributed by atoms with Crippen molar-refractivity contribution >= 4 is 105 Å². The van der Waals surface area contributed by atoms with Crippen molar-refractivity contribution in [1.82, 2.24) is 44.7 Å². The number of hydrogen-bond acceptors (Lipinski definition) is 16. The first-order valence-corrected chi connectivity index (χ1v) is 27.3. The number of nitrogens with zero attached hydrogens (tertiary/aromatic N) is 8. The van der Waals surface area contributed by atoms with Crippen LogP contribution < -0.4 is 31.5 Å². The molecule has 0 saturated carbocycles. The van der Waals surface area contributed by atoms with Crippen LogP contribution in [0.25, 0.3) is 20.4 Å². The third-order valence-corrected chi connectivity index (χ3v) is 15.6. The molecule has 0 radical (unpaired) electrons. The number of carbonyl (C=O) groups is 3. The zero-order valence-electron chi connectivity index (χ0n) is 39.7. The van der Waals surface area contributed by atoms with Gasteiger partial charge in [-0.1, -0.05) is 0 Å². The number of pyridine rings is 2. The van der Waals surface area contributed by atoms with E-state index in [0.717, 1.165) is 31.8 Å². The highest BCUT2D eigenvalue weighted by molar-refractivity contribution is 7.88. The summed E-state index contributed by atoms with van der Waals surface area (Å²) >= 11 is 3.09. The van der Waals surface area contributed by atoms with Crippen molar-refractivity contribution in [1.29, 1.82) is 0 Å². The van der Waals surface area contributed by atoms with E-state index in [4.69, 9.17) is 14.7 Å². The number of ether oxygens (including phenoxy) is 1. The lowest BCUT2D eigenvalue weighted by Gasteiger charge is -2.37. The largest absolute Gasteiger partial charge is 0.382 e. The Bertz CT molecular complexity index is 2950. The summed E-state index contributed by atoms with van der Waals surface area (Å²) in [6.45, 7) is 10.4. The number of nitrogens with one attached hydrogen (secondary N) is 5. The van der Waals surface area contributed by atoms with Gasteiger partial charge in [-0.25, -0.2) is 37.5 Å². The Morgan fingerprint density at radius 2 is 1.31 bits per heavy atom. The first kappa shape index (κ1) is 48.8. The van der Waals surface area contributed by atoms with Crippen LogP contribution in [0.2, 0.25) is 0 Å². The molecule has 5 N–H and O–H groups in total. The maximum atomic E-state index is 14.3. The number of piperidine rings is 2. The normalized spacial score (nSPS) is 16.9. The Morgan fingerprint density at radius 1 is 0.729 bits per heavy atom. The minimum absolute atomic E-state index is 0.0152. The number of benzene rings is 2. The van der Waals surface area contributed by atoms with Gasteiger partial charge in [0.1, 0.15) is 11.6 Å². The zero-order chi connectivity index (χ0) is 48.9. The highest BCUT2D eigenvalue weighted by Gasteiger charge is 2.30. The van der Waals surface area contributed by atoms with Crippen molar-refractivity contribution in [3.63, 3.8) is 0 Å². The third-order valence-electron chi connectivity index (χ3n) is 12.7. The van der Waals surface area contributed by atoms with Crippen LogP contribution in [0, 0.1) is 0 Å². The van der Waals surface area contributed by atoms with Crippen LogP contribution in [0.5, 0.6) is 0 Å². The lowest BCUT2D eigenvalue weighted by atomic mass is 10.0. The molecular weight excluding hydrogens is 951 g/mol. The zero-order valence-corrected chi connectivity index (χ0v) is 42.1. The number of anilines is 6. The summed E-state index contributed by atoms with van der Waals surface area (Å²) < 4.78 is 33.2. The number of morpholine rings is 1. The summed E-state index contributed by atoms with van der Waals surface area (Å²) in [7, 11) is -3.31. The quantitative estimate of drug-likeness (QED) is 0.0724. The van der Waals surface area contributed by atoms with Crippen molar-refractivity contribution in [2.24, 2.45) is 0 Å². The number of amides is 4. The first-order valence-electron chi connectivity index (χ1n) is 23.7. The van der Waals surface area contributed by atoms with E-state index in [-0.39, 0.29) is 42.0 Å². The summed E-state index contributed by atoms with van der Waals surface area (Å²) in [5.74, 6) is 0.565. The Labute approximate surface area is 415 Å². The van der Waals surface area contributed by atoms with Crippen molar-refractivity contribution < 1.29 is 27.5 Å². The van der Waals surface area contributed by atoms with Gasteiger partial charge in [0.15, 0.2) is 0 Å². The Balaban J connectivity index is 0.971. The summed E-state index contributed by atoms with van der Waals surface area (Å²) in [5.41, 5.74) is 9.03. The van der Waals surface area contributed by atoms with Gasteiger partial charge in [-0.2, -0.15) is 0 Å². The van der Waals surface area contributed by atoms with Crippen molar-refractivity contribution in [3.8, 4) is 0 Å². The molecule has 3 aliphatic rings. The van der Waals surface area contributed by atoms with Gasteiger partial charge in [0.25, 0.3) is 11.8 Å². The molecule has 22 heteroatoms. The topological polar surface area (TPSA) is 219 Å². The van der Waals surface area contributed by atoms with Gasteiger partial charge in [0, 0.05) is 106 Å². The number of rotatable bonds is 15. The van der Waals surface area contributed by atoms with Gasteiger partial charge < -0.3 is 46.0 Å². The predicted octanol–water partition coefficient (Wildman–Crippen LogP) is 6.70. The van der Waals surface area contributed by atoms with Crippen LogP contribution in [0.3, 0.4) is 0 Å². The fourth-order valence-electron chi connectivity index (χ4n) is 9.06. The van der Waals surface area contributed by atoms with Crippen LogP contribution in [0.4, 0.5) is 39.2 Å². The lowest BCUT2D eigenvalue weighted by Crippen LogP contribution is -2.52. The summed E-state index contributed by atoms with van der Waals surface area (Å²) in [6, 6.07) is 15.1. The Kier molecular flexibility index (Phi) is 14.9. The average molecular weight is 1010 g/mol. The van der Waals surface area contributed by atoms with E-state index in [1.807, 2.05) is 84.1 Å². The van der Waals surface area contributed by atoms with E-state index >= 15 is 0 Å². The van der Waals surface area contributed by atoms with E-state index in [1.165, 1.54) is 21.9 Å². The highest BCUT2D eigenvalue weighted by Crippen LogP contribution is 2.33. The van der Waals surface area contributed by atoms with Crippen molar-refractivity contribution in [2.75, 3.05) is 86.1 Å². The second kappa shape index (κ2) is 21.4. The van der Waals surface area contributed by atoms with E-state index < -0.39 is 10.0 Å². The second-order valence-electron chi connectivity index (χ2n) is 18.3. The Morgan fingerprint density at radius 3 is 1.96 bits per heavy atom. The van der Waals surface area contributed by atoms with Crippen LogP contribution in [0.1, 0.15) is 67.2 Å². The average Bonchev–Trinajstić information content (AvgIpc) is 4.03. The van der Waals surface area contributed by atoms with Gasteiger partial charge in [0.05, 0.1) is 73.4 Å². The van der Waals surface area contributed by atoms with Crippen LogP contribution >= 0.6 is 22.7 Å². The molecule has 0 bridgehead atoms. The van der Waals surface area contributed by atoms with Crippen molar-refractivity contribution in [2.45, 2.75) is 70.6 Å². The number of thiazole rings is 2. The maximum absolute atomic E-state index is 14.3. The number of fused-ring (bicyclic) bond motifs is 2. The van der Waals surface area contributed by atoms with Gasteiger partial charge in [-0.15, -0.1) is 22.7 Å². The molecule has 1 unspecified atom stereocenters. The number of sulfonamides is 1. The SMILES string of the molecule is CC(C)Nc1cc(N(CC(C)Nc2cc(Nc3ccc4ncsc4c3)ncc2C(=O)NC2CCN(C(=O)N3CCOCC3)CC2)c2ccc3ncsc3c2)ncc1C(=O)NC1CCN(S(C)(=O)=O)CC1. The molecule has 1 atom stereocenters. The fraction of sp³-hybridized carbons (Fsp3) is 0.438. The molecule has 2 aromatic carbocycles. The molecule has 0 aliphatic carbocycles. The molecule has 9 rings (SSSR count). The molecule has 4 amide bonds. The lowest BCUT2D eigenvalue weighted by molar-refractivity contribution is 0.0407. The molecule has 3 fully saturated rings. The molecule has 3 saturated heterocycles. The highest BCUT2D eigenvalue weighted by atomic mass is 32.2. The molecule has 4 aromatic heterocycles. The minimum Gasteiger partial charge on any atom is -0.382 e. The molecule has 19 nitrogen and oxygen atoms in total. The van der Waals surface area contributed by atoms with Crippen molar-refractivity contribution in [3.05, 3.63) is 83.1 Å². The predicted molar refractivity (Wildman–Crippen MR) is 277 cm³/mol. The summed E-state index contributed by atoms with van der Waals surface area (Å²) in [4.78, 5) is 65.8. The second-order valence-corrected chi connectivity index (χ2v) is 22.1. The standard InChI is InChI=1S/C48H59N13O6S3/c1-30(2)53-41-24-45(50-26-37(41)47(63)57-33-11-15-60(16-12-33)70(4,65)66)61(35-6-8-39-43(22-35)69-29-52-39)27-31(3)54-40-23-44(55-34-5-7-38-42(21-34)68-28-51-38)49-25-36(40)46(62)56-32-9-13-58(14-10-32)48(64)59-17-19-67-20-18-59/h5-8,21-26,28-33H,9-20,27H2,1-4H3,(H,50,53)(H,56,62)(H,57,63)(H2,49,54,55). The van der Waals surface area contributed by atoms with Crippen LogP contribution in [0.15, 0.2) is 71.9 Å². The van der Waals surface area contributed by atoms with Gasteiger partial charge in [0.2, 0.25) is 10.0 Å². The number of aromatic nitrogens is 4. The number of urea groups is 1. The monoisotopic (exact) mass is 1010 g/mol. The molecule has 0 spiro atoms. The molecule has 7 heterocycles. The number of carbonyl (C=O) groups excluding carboxylic acids is 3. The van der Waals surface area contributed by atoms with Crippen LogP contribution in [-0.4, -0.2) is 150 Å².